The summed E-state index contributed by atoms with van der Waals surface area (Å²) in [6.07, 6.45) is 0.658. The molecule has 138 valence electrons. The summed E-state index contributed by atoms with van der Waals surface area (Å²) in [5, 5.41) is 3.11. The number of esters is 1. The molecule has 0 aliphatic carbocycles. The van der Waals surface area contributed by atoms with E-state index in [1.807, 2.05) is 31.2 Å². The highest BCUT2D eigenvalue weighted by molar-refractivity contribution is 6.44. The Kier molecular flexibility index (Phi) is 7.75. The van der Waals surface area contributed by atoms with Gasteiger partial charge in [-0.05, 0) is 37.6 Å². The van der Waals surface area contributed by atoms with Crippen molar-refractivity contribution in [2.45, 2.75) is 19.8 Å². The van der Waals surface area contributed by atoms with E-state index in [1.54, 1.807) is 18.2 Å². The van der Waals surface area contributed by atoms with Crippen LogP contribution in [-0.4, -0.2) is 25.1 Å². The van der Waals surface area contributed by atoms with Crippen molar-refractivity contribution < 1.29 is 19.1 Å². The number of nitrogens with one attached hydrogen (secondary N) is 1. The fraction of sp³-hybridized carbons (Fsp3) is 0.263. The molecule has 5 nitrogen and oxygen atoms in total. The summed E-state index contributed by atoms with van der Waals surface area (Å²) in [6, 6.07) is 12.5. The topological polar surface area (TPSA) is 64.6 Å². The van der Waals surface area contributed by atoms with Crippen LogP contribution in [0.25, 0.3) is 0 Å². The minimum absolute atomic E-state index is 0.164. The number of aryl methyl sites for hydroxylation is 1. The number of ether oxygens (including phenoxy) is 2. The number of benzene rings is 2. The van der Waals surface area contributed by atoms with Crippen LogP contribution in [0.15, 0.2) is 42.5 Å². The van der Waals surface area contributed by atoms with Crippen LogP contribution in [0.2, 0.25) is 10.0 Å². The zero-order valence-corrected chi connectivity index (χ0v) is 15.8. The first-order chi connectivity index (χ1) is 12.5. The average molecular weight is 396 g/mol. The standard InChI is InChI=1S/C19H19Cl2NO4/c1-13-7-9-14(10-8-13)25-11-3-6-18(24)26-12-17(23)22-16-5-2-4-15(20)19(16)21/h2,4-5,7-10H,3,6,11-12H2,1H3,(H,22,23). The van der Waals surface area contributed by atoms with E-state index in [1.165, 1.54) is 0 Å². The van der Waals surface area contributed by atoms with Gasteiger partial charge in [0.1, 0.15) is 5.75 Å². The van der Waals surface area contributed by atoms with Crippen molar-refractivity contribution in [2.75, 3.05) is 18.5 Å². The van der Waals surface area contributed by atoms with Crippen LogP contribution >= 0.6 is 23.2 Å². The highest BCUT2D eigenvalue weighted by Crippen LogP contribution is 2.29. The number of carbonyl (C=O) groups excluding carboxylic acids is 2. The van der Waals surface area contributed by atoms with E-state index >= 15 is 0 Å². The molecule has 0 aliphatic rings. The van der Waals surface area contributed by atoms with Gasteiger partial charge in [-0.3, -0.25) is 9.59 Å². The van der Waals surface area contributed by atoms with E-state index < -0.39 is 11.9 Å². The van der Waals surface area contributed by atoms with Crippen molar-refractivity contribution in [1.82, 2.24) is 0 Å². The third-order valence-electron chi connectivity index (χ3n) is 3.40. The molecule has 0 fully saturated rings. The van der Waals surface area contributed by atoms with E-state index in [0.717, 1.165) is 11.3 Å². The summed E-state index contributed by atoms with van der Waals surface area (Å²) in [5.74, 6) is -0.204. The van der Waals surface area contributed by atoms with Gasteiger partial charge >= 0.3 is 5.97 Å². The highest BCUT2D eigenvalue weighted by Gasteiger charge is 2.11. The third kappa shape index (κ3) is 6.58. The first-order valence-corrected chi connectivity index (χ1v) is 8.80. The minimum Gasteiger partial charge on any atom is -0.494 e. The molecule has 0 aliphatic heterocycles. The fourth-order valence-corrected chi connectivity index (χ4v) is 2.39. The predicted octanol–water partition coefficient (Wildman–Crippen LogP) is 4.64. The molecular formula is C19H19Cl2NO4. The molecule has 1 N–H and O–H groups in total. The molecular weight excluding hydrogens is 377 g/mol. The maximum atomic E-state index is 11.8. The van der Waals surface area contributed by atoms with Crippen LogP contribution in [0.1, 0.15) is 18.4 Å². The summed E-state index contributed by atoms with van der Waals surface area (Å²) in [6.45, 7) is 2.00. The molecule has 2 aromatic rings. The molecule has 0 heterocycles. The maximum absolute atomic E-state index is 11.8. The van der Waals surface area contributed by atoms with Gasteiger partial charge in [0.15, 0.2) is 6.61 Å². The third-order valence-corrected chi connectivity index (χ3v) is 4.22. The number of carbonyl (C=O) groups is 2. The van der Waals surface area contributed by atoms with Crippen molar-refractivity contribution in [3.05, 3.63) is 58.1 Å². The number of amides is 1. The first-order valence-electron chi connectivity index (χ1n) is 8.04. The zero-order chi connectivity index (χ0) is 18.9. The van der Waals surface area contributed by atoms with Crippen molar-refractivity contribution in [3.8, 4) is 5.75 Å². The summed E-state index contributed by atoms with van der Waals surface area (Å²) < 4.78 is 10.5. The largest absolute Gasteiger partial charge is 0.494 e. The highest BCUT2D eigenvalue weighted by atomic mass is 35.5. The number of halogens is 2. The van der Waals surface area contributed by atoms with Crippen molar-refractivity contribution in [3.63, 3.8) is 0 Å². The summed E-state index contributed by atoms with van der Waals surface area (Å²) in [4.78, 5) is 23.5. The molecule has 0 aromatic heterocycles. The second kappa shape index (κ2) is 10.0. The lowest BCUT2D eigenvalue weighted by molar-refractivity contribution is -0.147. The van der Waals surface area contributed by atoms with Crippen LogP contribution in [0.3, 0.4) is 0 Å². The van der Waals surface area contributed by atoms with Gasteiger partial charge < -0.3 is 14.8 Å². The Bertz CT molecular complexity index is 763. The van der Waals surface area contributed by atoms with Gasteiger partial charge in [-0.2, -0.15) is 0 Å². The molecule has 0 radical (unpaired) electrons. The Hall–Kier alpha value is -2.24. The number of anilines is 1. The van der Waals surface area contributed by atoms with Gasteiger partial charge in [-0.1, -0.05) is 47.0 Å². The molecule has 2 rings (SSSR count). The lowest BCUT2D eigenvalue weighted by Gasteiger charge is -2.09. The zero-order valence-electron chi connectivity index (χ0n) is 14.3. The second-order valence-electron chi connectivity index (χ2n) is 5.58. The number of rotatable bonds is 8. The molecule has 26 heavy (non-hydrogen) atoms. The lowest BCUT2D eigenvalue weighted by atomic mass is 10.2. The van der Waals surface area contributed by atoms with Gasteiger partial charge in [-0.25, -0.2) is 0 Å². The molecule has 0 spiro atoms. The average Bonchev–Trinajstić information content (AvgIpc) is 2.62. The molecule has 0 unspecified atom stereocenters. The molecule has 0 saturated heterocycles. The normalized spacial score (nSPS) is 10.3. The quantitative estimate of drug-likeness (QED) is 0.522. The van der Waals surface area contributed by atoms with Crippen LogP contribution < -0.4 is 10.1 Å². The van der Waals surface area contributed by atoms with Gasteiger partial charge in [-0.15, -0.1) is 0 Å². The maximum Gasteiger partial charge on any atom is 0.306 e. The van der Waals surface area contributed by atoms with Crippen molar-refractivity contribution >= 4 is 40.8 Å². The van der Waals surface area contributed by atoms with Gasteiger partial charge in [0, 0.05) is 6.42 Å². The smallest absolute Gasteiger partial charge is 0.306 e. The van der Waals surface area contributed by atoms with Crippen molar-refractivity contribution in [1.29, 1.82) is 0 Å². The molecule has 1 amide bonds. The SMILES string of the molecule is Cc1ccc(OCCCC(=O)OCC(=O)Nc2cccc(Cl)c2Cl)cc1. The Morgan fingerprint density at radius 1 is 1.08 bits per heavy atom. The van der Waals surface area contributed by atoms with E-state index in [0.29, 0.717) is 23.7 Å². The molecule has 0 saturated carbocycles. The summed E-state index contributed by atoms with van der Waals surface area (Å²) >= 11 is 11.8. The fourth-order valence-electron chi connectivity index (χ4n) is 2.05. The molecule has 2 aromatic carbocycles. The Morgan fingerprint density at radius 3 is 2.54 bits per heavy atom. The Balaban J connectivity index is 1.64. The van der Waals surface area contributed by atoms with Crippen LogP contribution in [0, 0.1) is 6.92 Å². The number of hydrogen-bond donors (Lipinski definition) is 1. The number of hydrogen-bond acceptors (Lipinski definition) is 4. The Labute approximate surface area is 162 Å². The van der Waals surface area contributed by atoms with Crippen LogP contribution in [-0.2, 0) is 14.3 Å². The van der Waals surface area contributed by atoms with Crippen molar-refractivity contribution in [2.24, 2.45) is 0 Å². The molecule has 0 bridgehead atoms. The summed E-state index contributed by atoms with van der Waals surface area (Å²) in [5.41, 5.74) is 1.52. The van der Waals surface area contributed by atoms with Gasteiger partial charge in [0.2, 0.25) is 0 Å². The minimum atomic E-state index is -0.488. The predicted molar refractivity (Wildman–Crippen MR) is 102 cm³/mol. The van der Waals surface area contributed by atoms with E-state index in [4.69, 9.17) is 32.7 Å². The van der Waals surface area contributed by atoms with E-state index in [-0.39, 0.29) is 18.1 Å². The van der Waals surface area contributed by atoms with Crippen LogP contribution in [0.5, 0.6) is 5.75 Å². The molecule has 7 heteroatoms. The van der Waals surface area contributed by atoms with E-state index in [2.05, 4.69) is 5.32 Å². The first kappa shape index (κ1) is 20.1. The van der Waals surface area contributed by atoms with Gasteiger partial charge in [0.25, 0.3) is 5.91 Å². The summed E-state index contributed by atoms with van der Waals surface area (Å²) in [7, 11) is 0. The Morgan fingerprint density at radius 2 is 1.81 bits per heavy atom. The molecule has 0 atom stereocenters. The van der Waals surface area contributed by atoms with Gasteiger partial charge in [0.05, 0.1) is 22.3 Å². The van der Waals surface area contributed by atoms with E-state index in [9.17, 15) is 9.59 Å². The lowest BCUT2D eigenvalue weighted by Crippen LogP contribution is -2.21. The van der Waals surface area contributed by atoms with Crippen LogP contribution in [0.4, 0.5) is 5.69 Å². The second-order valence-corrected chi connectivity index (χ2v) is 6.36. The monoisotopic (exact) mass is 395 g/mol.